The summed E-state index contributed by atoms with van der Waals surface area (Å²) >= 11 is 0. The Hall–Kier alpha value is -2.98. The third-order valence-electron chi connectivity index (χ3n) is 6.24. The summed E-state index contributed by atoms with van der Waals surface area (Å²) in [6.45, 7) is 2.55. The zero-order valence-electron chi connectivity index (χ0n) is 19.0. The zero-order chi connectivity index (χ0) is 24.1. The van der Waals surface area contributed by atoms with Crippen molar-refractivity contribution in [1.82, 2.24) is 9.21 Å². The van der Waals surface area contributed by atoms with Gasteiger partial charge in [0, 0.05) is 52.1 Å². The van der Waals surface area contributed by atoms with Gasteiger partial charge >= 0.3 is 0 Å². The van der Waals surface area contributed by atoms with E-state index in [-0.39, 0.29) is 55.5 Å². The van der Waals surface area contributed by atoms with Crippen LogP contribution in [-0.2, 0) is 19.6 Å². The van der Waals surface area contributed by atoms with E-state index in [0.717, 1.165) is 25.9 Å². The molecule has 0 aliphatic carbocycles. The van der Waals surface area contributed by atoms with Gasteiger partial charge in [-0.05, 0) is 37.1 Å². The van der Waals surface area contributed by atoms with Gasteiger partial charge in [-0.15, -0.1) is 0 Å². The van der Waals surface area contributed by atoms with E-state index in [1.165, 1.54) is 10.4 Å². The van der Waals surface area contributed by atoms with Crippen LogP contribution < -0.4 is 10.2 Å². The van der Waals surface area contributed by atoms with Gasteiger partial charge in [-0.3, -0.25) is 9.59 Å². The SMILES string of the molecule is O=C(CCC(=O)N1CCN(S(=O)(=O)c2ccccc2)CC1)Nc1c(F)cccc1N1CCCC1. The summed E-state index contributed by atoms with van der Waals surface area (Å²) in [5.41, 5.74) is 0.814. The van der Waals surface area contributed by atoms with E-state index in [1.807, 2.05) is 4.90 Å². The Morgan fingerprint density at radius 2 is 1.53 bits per heavy atom. The molecule has 0 radical (unpaired) electrons. The van der Waals surface area contributed by atoms with E-state index < -0.39 is 21.7 Å². The van der Waals surface area contributed by atoms with E-state index in [2.05, 4.69) is 5.32 Å². The number of anilines is 2. The molecule has 0 aromatic heterocycles. The number of carbonyl (C=O) groups excluding carboxylic acids is 2. The third kappa shape index (κ3) is 5.39. The lowest BCUT2D eigenvalue weighted by atomic mass is 10.2. The first-order valence-electron chi connectivity index (χ1n) is 11.5. The van der Waals surface area contributed by atoms with Crippen LogP contribution in [0.3, 0.4) is 0 Å². The van der Waals surface area contributed by atoms with E-state index >= 15 is 0 Å². The van der Waals surface area contributed by atoms with Crippen molar-refractivity contribution in [3.05, 3.63) is 54.3 Å². The van der Waals surface area contributed by atoms with Crippen molar-refractivity contribution in [1.29, 1.82) is 0 Å². The maximum absolute atomic E-state index is 14.4. The number of nitrogens with one attached hydrogen (secondary N) is 1. The van der Waals surface area contributed by atoms with Crippen molar-refractivity contribution in [3.8, 4) is 0 Å². The molecule has 0 atom stereocenters. The monoisotopic (exact) mass is 488 g/mol. The standard InChI is InChI=1S/C24H29FN4O4S/c25-20-9-6-10-21(27-13-4-5-14-27)24(20)26-22(30)11-12-23(31)28-15-17-29(18-16-28)34(32,33)19-7-2-1-3-8-19/h1-3,6-10H,4-5,11-18H2,(H,26,30). The fourth-order valence-electron chi connectivity index (χ4n) is 4.36. The van der Waals surface area contributed by atoms with Crippen LogP contribution in [0.5, 0.6) is 0 Å². The van der Waals surface area contributed by atoms with Crippen molar-refractivity contribution < 1.29 is 22.4 Å². The van der Waals surface area contributed by atoms with Crippen LogP contribution in [0.25, 0.3) is 0 Å². The summed E-state index contributed by atoms with van der Waals surface area (Å²) in [5, 5.41) is 2.65. The lowest BCUT2D eigenvalue weighted by Crippen LogP contribution is -2.50. The molecule has 2 saturated heterocycles. The van der Waals surface area contributed by atoms with Crippen molar-refractivity contribution in [2.75, 3.05) is 49.5 Å². The quantitative estimate of drug-likeness (QED) is 0.647. The molecule has 2 aliphatic rings. The lowest BCUT2D eigenvalue weighted by Gasteiger charge is -2.34. The van der Waals surface area contributed by atoms with E-state index in [4.69, 9.17) is 0 Å². The molecule has 182 valence electrons. The van der Waals surface area contributed by atoms with Gasteiger partial charge in [0.15, 0.2) is 0 Å². The van der Waals surface area contributed by atoms with Gasteiger partial charge in [0.25, 0.3) is 0 Å². The summed E-state index contributed by atoms with van der Waals surface area (Å²) in [5.74, 6) is -1.15. The van der Waals surface area contributed by atoms with Gasteiger partial charge in [-0.25, -0.2) is 12.8 Å². The third-order valence-corrected chi connectivity index (χ3v) is 8.15. The number of hydrogen-bond donors (Lipinski definition) is 1. The second kappa shape index (κ2) is 10.5. The van der Waals surface area contributed by atoms with Crippen LogP contribution in [0.2, 0.25) is 0 Å². The minimum absolute atomic E-state index is 0.0230. The molecule has 0 spiro atoms. The summed E-state index contributed by atoms with van der Waals surface area (Å²) in [6, 6.07) is 12.9. The highest BCUT2D eigenvalue weighted by Gasteiger charge is 2.30. The number of hydrogen-bond acceptors (Lipinski definition) is 5. The number of piperazine rings is 1. The Labute approximate surface area is 199 Å². The topological polar surface area (TPSA) is 90.0 Å². The molecule has 0 bridgehead atoms. The predicted octanol–water partition coefficient (Wildman–Crippen LogP) is 2.68. The van der Waals surface area contributed by atoms with E-state index in [0.29, 0.717) is 5.69 Å². The second-order valence-electron chi connectivity index (χ2n) is 8.47. The van der Waals surface area contributed by atoms with Crippen LogP contribution >= 0.6 is 0 Å². The molecule has 2 aliphatic heterocycles. The zero-order valence-corrected chi connectivity index (χ0v) is 19.8. The Morgan fingerprint density at radius 3 is 2.21 bits per heavy atom. The molecule has 2 amide bonds. The first kappa shape index (κ1) is 24.2. The van der Waals surface area contributed by atoms with Crippen LogP contribution in [0.4, 0.5) is 15.8 Å². The fraction of sp³-hybridized carbons (Fsp3) is 0.417. The van der Waals surface area contributed by atoms with Crippen LogP contribution in [0.1, 0.15) is 25.7 Å². The predicted molar refractivity (Wildman–Crippen MR) is 127 cm³/mol. The molecule has 2 fully saturated rings. The number of halogens is 1. The molecule has 4 rings (SSSR count). The van der Waals surface area contributed by atoms with E-state index in [1.54, 1.807) is 47.4 Å². The molecular weight excluding hydrogens is 459 g/mol. The molecule has 10 heteroatoms. The number of sulfonamides is 1. The molecule has 2 heterocycles. The van der Waals surface area contributed by atoms with Crippen molar-refractivity contribution in [2.45, 2.75) is 30.6 Å². The highest BCUT2D eigenvalue weighted by molar-refractivity contribution is 7.89. The van der Waals surface area contributed by atoms with Crippen molar-refractivity contribution >= 4 is 33.2 Å². The Balaban J connectivity index is 1.28. The van der Waals surface area contributed by atoms with Crippen LogP contribution in [-0.4, -0.2) is 68.7 Å². The van der Waals surface area contributed by atoms with Crippen LogP contribution in [0.15, 0.2) is 53.4 Å². The minimum Gasteiger partial charge on any atom is -0.370 e. The molecule has 0 saturated carbocycles. The first-order valence-corrected chi connectivity index (χ1v) is 13.0. The van der Waals surface area contributed by atoms with Gasteiger partial charge in [-0.1, -0.05) is 24.3 Å². The number of amides is 2. The molecule has 34 heavy (non-hydrogen) atoms. The van der Waals surface area contributed by atoms with Gasteiger partial charge in [0.2, 0.25) is 21.8 Å². The average molecular weight is 489 g/mol. The maximum Gasteiger partial charge on any atom is 0.243 e. The Bertz CT molecular complexity index is 1130. The van der Waals surface area contributed by atoms with Gasteiger partial charge in [0.1, 0.15) is 11.5 Å². The minimum atomic E-state index is -3.60. The molecule has 2 aromatic carbocycles. The highest BCUT2D eigenvalue weighted by Crippen LogP contribution is 2.31. The largest absolute Gasteiger partial charge is 0.370 e. The second-order valence-corrected chi connectivity index (χ2v) is 10.4. The Morgan fingerprint density at radius 1 is 0.853 bits per heavy atom. The number of benzene rings is 2. The number of para-hydroxylation sites is 1. The van der Waals surface area contributed by atoms with Gasteiger partial charge in [0.05, 0.1) is 10.6 Å². The van der Waals surface area contributed by atoms with Gasteiger partial charge < -0.3 is 15.1 Å². The Kier molecular flexibility index (Phi) is 7.47. The molecule has 0 unspecified atom stereocenters. The van der Waals surface area contributed by atoms with Crippen molar-refractivity contribution in [3.63, 3.8) is 0 Å². The van der Waals surface area contributed by atoms with E-state index in [9.17, 15) is 22.4 Å². The molecule has 2 aromatic rings. The molecule has 1 N–H and O–H groups in total. The smallest absolute Gasteiger partial charge is 0.243 e. The molecule has 8 nitrogen and oxygen atoms in total. The summed E-state index contributed by atoms with van der Waals surface area (Å²) in [4.78, 5) is 29.0. The normalized spacial score (nSPS) is 17.1. The molecular formula is C24H29FN4O4S. The lowest BCUT2D eigenvalue weighted by molar-refractivity contribution is -0.133. The maximum atomic E-state index is 14.4. The van der Waals surface area contributed by atoms with Crippen molar-refractivity contribution in [2.24, 2.45) is 0 Å². The summed E-state index contributed by atoms with van der Waals surface area (Å²) in [7, 11) is -3.60. The summed E-state index contributed by atoms with van der Waals surface area (Å²) in [6.07, 6.45) is 1.95. The summed E-state index contributed by atoms with van der Waals surface area (Å²) < 4.78 is 41.3. The number of rotatable bonds is 7. The number of carbonyl (C=O) groups is 2. The first-order chi connectivity index (χ1) is 16.4. The van der Waals surface area contributed by atoms with Gasteiger partial charge in [-0.2, -0.15) is 4.31 Å². The number of nitrogens with zero attached hydrogens (tertiary/aromatic N) is 3. The highest BCUT2D eigenvalue weighted by atomic mass is 32.2. The van der Waals surface area contributed by atoms with Crippen LogP contribution in [0, 0.1) is 5.82 Å². The average Bonchev–Trinajstić information content (AvgIpc) is 3.39. The fourth-order valence-corrected chi connectivity index (χ4v) is 5.80.